The van der Waals surface area contributed by atoms with Gasteiger partial charge in [0, 0.05) is 0 Å². The van der Waals surface area contributed by atoms with Crippen molar-refractivity contribution < 1.29 is 15.0 Å². The summed E-state index contributed by atoms with van der Waals surface area (Å²) in [6.07, 6.45) is 7.47. The molecule has 1 rings (SSSR count). The van der Waals surface area contributed by atoms with Crippen LogP contribution in [-0.2, 0) is 4.79 Å². The molecule has 1 aliphatic rings. The van der Waals surface area contributed by atoms with Crippen LogP contribution in [0.25, 0.3) is 0 Å². The van der Waals surface area contributed by atoms with E-state index in [9.17, 15) is 9.90 Å². The fourth-order valence-electron chi connectivity index (χ4n) is 2.36. The molecular weight excluding hydrogens is 228 g/mol. The first-order valence-electron chi connectivity index (χ1n) is 6.43. The Hall–Kier alpha value is -1.09. The van der Waals surface area contributed by atoms with Crippen LogP contribution in [0.2, 0.25) is 0 Å². The van der Waals surface area contributed by atoms with Gasteiger partial charge in [-0.2, -0.15) is 0 Å². The van der Waals surface area contributed by atoms with Crippen LogP contribution >= 0.6 is 0 Å². The zero-order chi connectivity index (χ0) is 14.0. The Balaban J connectivity index is 2.55. The minimum Gasteiger partial charge on any atom is -0.481 e. The lowest BCUT2D eigenvalue weighted by molar-refractivity contribution is -0.141. The van der Waals surface area contributed by atoms with Gasteiger partial charge in [0.05, 0.1) is 12.0 Å². The quantitative estimate of drug-likeness (QED) is 0.739. The number of hydrogen-bond donors (Lipinski definition) is 2. The van der Waals surface area contributed by atoms with Gasteiger partial charge in [0.15, 0.2) is 0 Å². The number of carboxylic acids is 1. The molecule has 0 radical (unpaired) electrons. The van der Waals surface area contributed by atoms with E-state index in [0.717, 1.165) is 6.42 Å². The van der Waals surface area contributed by atoms with Crippen molar-refractivity contribution in [3.8, 4) is 0 Å². The van der Waals surface area contributed by atoms with Crippen LogP contribution in [0.4, 0.5) is 0 Å². The van der Waals surface area contributed by atoms with Gasteiger partial charge in [-0.15, -0.1) is 0 Å². The molecule has 102 valence electrons. The summed E-state index contributed by atoms with van der Waals surface area (Å²) in [7, 11) is 0. The van der Waals surface area contributed by atoms with Gasteiger partial charge in [0.2, 0.25) is 0 Å². The van der Waals surface area contributed by atoms with Gasteiger partial charge in [0.1, 0.15) is 0 Å². The first-order chi connectivity index (χ1) is 8.15. The molecule has 3 heteroatoms. The average molecular weight is 252 g/mol. The molecule has 1 aliphatic carbocycles. The SMILES string of the molecule is CC1=CCC(/C=C/CC(C)(O)CC(=O)O)C1(C)C. The molecule has 0 aliphatic heterocycles. The van der Waals surface area contributed by atoms with E-state index < -0.39 is 11.6 Å². The Kier molecular flexibility index (Phi) is 4.38. The summed E-state index contributed by atoms with van der Waals surface area (Å²) in [6.45, 7) is 8.15. The number of allylic oxidation sites excluding steroid dienone is 3. The van der Waals surface area contributed by atoms with E-state index in [4.69, 9.17) is 5.11 Å². The first kappa shape index (κ1) is 15.0. The summed E-state index contributed by atoms with van der Waals surface area (Å²) < 4.78 is 0. The maximum atomic E-state index is 10.6. The number of aliphatic carboxylic acids is 1. The van der Waals surface area contributed by atoms with Crippen molar-refractivity contribution in [2.24, 2.45) is 11.3 Å². The maximum absolute atomic E-state index is 10.6. The summed E-state index contributed by atoms with van der Waals surface area (Å²) in [5.74, 6) is -0.523. The number of aliphatic hydroxyl groups is 1. The van der Waals surface area contributed by atoms with Crippen LogP contribution in [0, 0.1) is 11.3 Å². The number of rotatable bonds is 5. The van der Waals surface area contributed by atoms with Gasteiger partial charge in [-0.1, -0.05) is 37.6 Å². The largest absolute Gasteiger partial charge is 0.481 e. The predicted molar refractivity (Wildman–Crippen MR) is 72.3 cm³/mol. The fourth-order valence-corrected chi connectivity index (χ4v) is 2.36. The highest BCUT2D eigenvalue weighted by molar-refractivity contribution is 5.68. The molecule has 0 aromatic heterocycles. The van der Waals surface area contributed by atoms with Crippen molar-refractivity contribution in [1.29, 1.82) is 0 Å². The van der Waals surface area contributed by atoms with E-state index in [1.54, 1.807) is 6.92 Å². The van der Waals surface area contributed by atoms with Gasteiger partial charge in [-0.05, 0) is 38.0 Å². The summed E-state index contributed by atoms with van der Waals surface area (Å²) >= 11 is 0. The molecule has 0 spiro atoms. The summed E-state index contributed by atoms with van der Waals surface area (Å²) in [5, 5.41) is 18.6. The third-order valence-electron chi connectivity index (χ3n) is 4.08. The van der Waals surface area contributed by atoms with E-state index in [0.29, 0.717) is 12.3 Å². The van der Waals surface area contributed by atoms with Crippen LogP contribution in [0.3, 0.4) is 0 Å². The van der Waals surface area contributed by atoms with Crippen LogP contribution in [-0.4, -0.2) is 21.8 Å². The molecule has 0 saturated carbocycles. The standard InChI is InChI=1S/C15H24O3/c1-11-7-8-12(14(11,2)3)6-5-9-15(4,18)10-13(16)17/h5-7,12,18H,8-10H2,1-4H3,(H,16,17)/b6-5+. The van der Waals surface area contributed by atoms with Crippen LogP contribution < -0.4 is 0 Å². The third-order valence-corrected chi connectivity index (χ3v) is 4.08. The van der Waals surface area contributed by atoms with Gasteiger partial charge in [0.25, 0.3) is 0 Å². The van der Waals surface area contributed by atoms with E-state index >= 15 is 0 Å². The fraction of sp³-hybridized carbons (Fsp3) is 0.667. The minimum atomic E-state index is -1.16. The van der Waals surface area contributed by atoms with Gasteiger partial charge in [-0.3, -0.25) is 4.79 Å². The summed E-state index contributed by atoms with van der Waals surface area (Å²) in [4.78, 5) is 10.6. The van der Waals surface area contributed by atoms with Crippen molar-refractivity contribution in [2.45, 2.75) is 52.6 Å². The Labute approximate surface area is 109 Å². The zero-order valence-electron chi connectivity index (χ0n) is 11.7. The van der Waals surface area contributed by atoms with E-state index in [-0.39, 0.29) is 11.8 Å². The molecule has 0 aromatic carbocycles. The first-order valence-corrected chi connectivity index (χ1v) is 6.43. The Bertz CT molecular complexity index is 375. The molecule has 2 atom stereocenters. The normalized spacial score (nSPS) is 26.1. The van der Waals surface area contributed by atoms with Gasteiger partial charge in [-0.25, -0.2) is 0 Å². The molecule has 0 aromatic rings. The number of carbonyl (C=O) groups is 1. The molecule has 0 fully saturated rings. The minimum absolute atomic E-state index is 0.162. The van der Waals surface area contributed by atoms with Crippen LogP contribution in [0.1, 0.15) is 47.0 Å². The smallest absolute Gasteiger partial charge is 0.306 e. The van der Waals surface area contributed by atoms with Crippen molar-refractivity contribution in [3.63, 3.8) is 0 Å². The topological polar surface area (TPSA) is 57.5 Å². The monoisotopic (exact) mass is 252 g/mol. The maximum Gasteiger partial charge on any atom is 0.306 e. The number of hydrogen-bond acceptors (Lipinski definition) is 2. The Morgan fingerprint density at radius 2 is 2.22 bits per heavy atom. The molecule has 2 N–H and O–H groups in total. The van der Waals surface area contributed by atoms with Crippen molar-refractivity contribution in [3.05, 3.63) is 23.8 Å². The van der Waals surface area contributed by atoms with E-state index in [1.807, 2.05) is 6.08 Å². The molecular formula is C15H24O3. The highest BCUT2D eigenvalue weighted by Gasteiger charge is 2.33. The second kappa shape index (κ2) is 5.27. The molecule has 0 heterocycles. The van der Waals surface area contributed by atoms with Gasteiger partial charge < -0.3 is 10.2 Å². The highest BCUT2D eigenvalue weighted by Crippen LogP contribution is 2.43. The highest BCUT2D eigenvalue weighted by atomic mass is 16.4. The van der Waals surface area contributed by atoms with E-state index in [2.05, 4.69) is 32.9 Å². The molecule has 3 nitrogen and oxygen atoms in total. The van der Waals surface area contributed by atoms with E-state index in [1.165, 1.54) is 5.57 Å². The van der Waals surface area contributed by atoms with Crippen molar-refractivity contribution in [2.75, 3.05) is 0 Å². The predicted octanol–water partition coefficient (Wildman–Crippen LogP) is 3.15. The lowest BCUT2D eigenvalue weighted by atomic mass is 9.77. The Morgan fingerprint density at radius 3 is 2.67 bits per heavy atom. The zero-order valence-corrected chi connectivity index (χ0v) is 11.7. The lowest BCUT2D eigenvalue weighted by Gasteiger charge is -2.27. The average Bonchev–Trinajstić information content (AvgIpc) is 2.42. The summed E-state index contributed by atoms with van der Waals surface area (Å²) in [5.41, 5.74) is 0.400. The summed E-state index contributed by atoms with van der Waals surface area (Å²) in [6, 6.07) is 0. The second-order valence-electron chi connectivity index (χ2n) is 6.15. The Morgan fingerprint density at radius 1 is 1.61 bits per heavy atom. The van der Waals surface area contributed by atoms with Crippen molar-refractivity contribution in [1.82, 2.24) is 0 Å². The number of carboxylic acid groups (broad SMARTS) is 1. The molecule has 0 saturated heterocycles. The van der Waals surface area contributed by atoms with Gasteiger partial charge >= 0.3 is 5.97 Å². The third kappa shape index (κ3) is 3.70. The second-order valence-corrected chi connectivity index (χ2v) is 6.15. The molecule has 18 heavy (non-hydrogen) atoms. The van der Waals surface area contributed by atoms with Crippen LogP contribution in [0.15, 0.2) is 23.8 Å². The van der Waals surface area contributed by atoms with Crippen LogP contribution in [0.5, 0.6) is 0 Å². The van der Waals surface area contributed by atoms with Crippen molar-refractivity contribution >= 4 is 5.97 Å². The molecule has 0 bridgehead atoms. The molecule has 0 amide bonds. The lowest BCUT2D eigenvalue weighted by Crippen LogP contribution is -2.27. The molecule has 2 unspecified atom stereocenters.